The summed E-state index contributed by atoms with van der Waals surface area (Å²) in [5, 5.41) is 3.01. The summed E-state index contributed by atoms with van der Waals surface area (Å²) in [7, 11) is 2.17. The van der Waals surface area contributed by atoms with E-state index < -0.39 is 0 Å². The Morgan fingerprint density at radius 2 is 2.25 bits per heavy atom. The molecule has 1 fully saturated rings. The third-order valence-corrected chi connectivity index (χ3v) is 4.67. The van der Waals surface area contributed by atoms with E-state index in [9.17, 15) is 4.79 Å². The Morgan fingerprint density at radius 1 is 1.33 bits per heavy atom. The fourth-order valence-electron chi connectivity index (χ4n) is 3.34. The van der Waals surface area contributed by atoms with Crippen LogP contribution in [0.25, 0.3) is 0 Å². The second-order valence-corrected chi connectivity index (χ2v) is 6.59. The van der Waals surface area contributed by atoms with Gasteiger partial charge >= 0.3 is 0 Å². The molecule has 3 rings (SSSR count). The third-order valence-electron chi connectivity index (χ3n) is 4.67. The van der Waals surface area contributed by atoms with Gasteiger partial charge in [0, 0.05) is 31.0 Å². The van der Waals surface area contributed by atoms with Gasteiger partial charge in [-0.25, -0.2) is 0 Å². The highest BCUT2D eigenvalue weighted by molar-refractivity contribution is 5.94. The number of pyridine rings is 1. The zero-order valence-corrected chi connectivity index (χ0v) is 14.2. The molecule has 1 N–H and O–H groups in total. The van der Waals surface area contributed by atoms with E-state index in [0.29, 0.717) is 12.5 Å². The fraction of sp³-hybridized carbons (Fsp3) is 0.400. The van der Waals surface area contributed by atoms with Crippen molar-refractivity contribution < 1.29 is 4.79 Å². The summed E-state index contributed by atoms with van der Waals surface area (Å²) in [6, 6.07) is 12.1. The van der Waals surface area contributed by atoms with Gasteiger partial charge in [-0.15, -0.1) is 0 Å². The molecule has 2 heterocycles. The minimum absolute atomic E-state index is 0.00454. The number of piperidine rings is 1. The number of nitrogens with zero attached hydrogens (tertiary/aromatic N) is 2. The first kappa shape index (κ1) is 16.7. The van der Waals surface area contributed by atoms with E-state index in [4.69, 9.17) is 0 Å². The van der Waals surface area contributed by atoms with Crippen LogP contribution >= 0.6 is 0 Å². The van der Waals surface area contributed by atoms with Gasteiger partial charge in [-0.2, -0.15) is 0 Å². The highest BCUT2D eigenvalue weighted by atomic mass is 16.1. The average molecular weight is 323 g/mol. The number of benzene rings is 1. The molecule has 0 saturated carbocycles. The second-order valence-electron chi connectivity index (χ2n) is 6.59. The molecular weight excluding hydrogens is 298 g/mol. The van der Waals surface area contributed by atoms with Gasteiger partial charge in [-0.3, -0.25) is 9.78 Å². The van der Waals surface area contributed by atoms with Crippen molar-refractivity contribution in [2.24, 2.45) is 0 Å². The Kier molecular flexibility index (Phi) is 5.59. The number of likely N-dealkylation sites (tertiary alicyclic amines) is 1. The first-order chi connectivity index (χ1) is 11.7. The van der Waals surface area contributed by atoms with E-state index in [2.05, 4.69) is 34.4 Å². The van der Waals surface area contributed by atoms with Gasteiger partial charge in [0.05, 0.1) is 0 Å². The number of likely N-dealkylation sites (N-methyl/N-ethyl adjacent to an activating group) is 1. The molecule has 0 aliphatic carbocycles. The molecule has 0 unspecified atom stereocenters. The molecule has 1 saturated heterocycles. The summed E-state index contributed by atoms with van der Waals surface area (Å²) >= 11 is 0. The molecule has 24 heavy (non-hydrogen) atoms. The van der Waals surface area contributed by atoms with Gasteiger partial charge < -0.3 is 10.2 Å². The fourth-order valence-corrected chi connectivity index (χ4v) is 3.34. The Bertz CT molecular complexity index is 672. The summed E-state index contributed by atoms with van der Waals surface area (Å²) < 4.78 is 0. The van der Waals surface area contributed by atoms with Gasteiger partial charge in [0.15, 0.2) is 0 Å². The Hall–Kier alpha value is -2.20. The monoisotopic (exact) mass is 323 g/mol. The number of rotatable bonds is 5. The molecule has 0 radical (unpaired) electrons. The first-order valence-corrected chi connectivity index (χ1v) is 8.68. The van der Waals surface area contributed by atoms with Crippen molar-refractivity contribution in [3.05, 3.63) is 65.5 Å². The molecule has 1 aliphatic rings. The summed E-state index contributed by atoms with van der Waals surface area (Å²) in [6.07, 6.45) is 6.83. The maximum Gasteiger partial charge on any atom is 0.251 e. The van der Waals surface area contributed by atoms with Crippen molar-refractivity contribution >= 4 is 5.91 Å². The molecule has 0 bridgehead atoms. The van der Waals surface area contributed by atoms with E-state index in [-0.39, 0.29) is 5.91 Å². The number of carbonyl (C=O) groups excluding carboxylic acids is 1. The predicted octanol–water partition coefficient (Wildman–Crippen LogP) is 2.86. The molecule has 1 atom stereocenters. The van der Waals surface area contributed by atoms with Crippen LogP contribution in [0.2, 0.25) is 0 Å². The van der Waals surface area contributed by atoms with E-state index in [1.807, 2.05) is 30.5 Å². The maximum absolute atomic E-state index is 12.4. The summed E-state index contributed by atoms with van der Waals surface area (Å²) in [6.45, 7) is 2.87. The number of nitrogens with one attached hydrogen (secondary N) is 1. The van der Waals surface area contributed by atoms with Crippen LogP contribution in [0.1, 0.15) is 40.2 Å². The van der Waals surface area contributed by atoms with E-state index in [1.165, 1.54) is 24.9 Å². The molecule has 2 aromatic rings. The van der Waals surface area contributed by atoms with Crippen LogP contribution in [0.5, 0.6) is 0 Å². The SMILES string of the molecule is CN1CCC[C@H](c2cccc(C(=O)NCCc3cccnc3)c2)C1. The summed E-state index contributed by atoms with van der Waals surface area (Å²) in [5.74, 6) is 0.539. The van der Waals surface area contributed by atoms with Crippen LogP contribution in [-0.4, -0.2) is 42.5 Å². The largest absolute Gasteiger partial charge is 0.352 e. The van der Waals surface area contributed by atoms with E-state index in [1.54, 1.807) is 6.20 Å². The van der Waals surface area contributed by atoms with Crippen molar-refractivity contribution in [2.45, 2.75) is 25.2 Å². The maximum atomic E-state index is 12.4. The van der Waals surface area contributed by atoms with Crippen LogP contribution < -0.4 is 5.32 Å². The smallest absolute Gasteiger partial charge is 0.251 e. The number of amides is 1. The summed E-state index contributed by atoms with van der Waals surface area (Å²) in [5.41, 5.74) is 3.17. The summed E-state index contributed by atoms with van der Waals surface area (Å²) in [4.78, 5) is 18.9. The van der Waals surface area contributed by atoms with E-state index in [0.717, 1.165) is 24.1 Å². The molecule has 1 aliphatic heterocycles. The lowest BCUT2D eigenvalue weighted by Crippen LogP contribution is -2.31. The minimum atomic E-state index is 0.00454. The van der Waals surface area contributed by atoms with Crippen molar-refractivity contribution in [2.75, 3.05) is 26.7 Å². The zero-order valence-electron chi connectivity index (χ0n) is 14.2. The van der Waals surface area contributed by atoms with Crippen LogP contribution in [0.15, 0.2) is 48.8 Å². The Balaban J connectivity index is 1.57. The van der Waals surface area contributed by atoms with Crippen LogP contribution in [0.3, 0.4) is 0 Å². The highest BCUT2D eigenvalue weighted by Gasteiger charge is 2.19. The number of hydrogen-bond donors (Lipinski definition) is 1. The minimum Gasteiger partial charge on any atom is -0.352 e. The Labute approximate surface area is 143 Å². The van der Waals surface area contributed by atoms with Gasteiger partial charge in [0.2, 0.25) is 0 Å². The second kappa shape index (κ2) is 8.06. The molecule has 126 valence electrons. The lowest BCUT2D eigenvalue weighted by Gasteiger charge is -2.30. The topological polar surface area (TPSA) is 45.2 Å². The molecule has 4 heteroatoms. The molecule has 4 nitrogen and oxygen atoms in total. The Morgan fingerprint density at radius 3 is 3.04 bits per heavy atom. The van der Waals surface area contributed by atoms with Crippen LogP contribution in [-0.2, 0) is 6.42 Å². The van der Waals surface area contributed by atoms with Crippen LogP contribution in [0, 0.1) is 0 Å². The quantitative estimate of drug-likeness (QED) is 0.920. The molecular formula is C20H25N3O. The first-order valence-electron chi connectivity index (χ1n) is 8.68. The average Bonchev–Trinajstić information content (AvgIpc) is 2.63. The van der Waals surface area contributed by atoms with Gasteiger partial charge in [-0.05, 0) is 68.1 Å². The van der Waals surface area contributed by atoms with E-state index >= 15 is 0 Å². The van der Waals surface area contributed by atoms with Crippen molar-refractivity contribution in [1.29, 1.82) is 0 Å². The van der Waals surface area contributed by atoms with Crippen LogP contribution in [0.4, 0.5) is 0 Å². The molecule has 1 aromatic heterocycles. The predicted molar refractivity (Wildman–Crippen MR) is 96.2 cm³/mol. The lowest BCUT2D eigenvalue weighted by atomic mass is 9.90. The molecule has 1 aromatic carbocycles. The van der Waals surface area contributed by atoms with Crippen molar-refractivity contribution in [3.63, 3.8) is 0 Å². The molecule has 1 amide bonds. The highest BCUT2D eigenvalue weighted by Crippen LogP contribution is 2.26. The molecule has 0 spiro atoms. The number of hydrogen-bond acceptors (Lipinski definition) is 3. The van der Waals surface area contributed by atoms with Gasteiger partial charge in [-0.1, -0.05) is 18.2 Å². The number of carbonyl (C=O) groups is 1. The zero-order chi connectivity index (χ0) is 16.8. The number of aromatic nitrogens is 1. The van der Waals surface area contributed by atoms with Gasteiger partial charge in [0.1, 0.15) is 0 Å². The normalized spacial score (nSPS) is 18.3. The lowest BCUT2D eigenvalue weighted by molar-refractivity contribution is 0.0954. The van der Waals surface area contributed by atoms with Crippen molar-refractivity contribution in [3.8, 4) is 0 Å². The van der Waals surface area contributed by atoms with Gasteiger partial charge in [0.25, 0.3) is 5.91 Å². The standard InChI is InChI=1S/C20H25N3O/c1-23-12-4-8-19(15-23)17-6-2-7-18(13-17)20(24)22-11-9-16-5-3-10-21-14-16/h2-3,5-7,10,13-14,19H,4,8-9,11-12,15H2,1H3,(H,22,24)/t19-/m0/s1. The third kappa shape index (κ3) is 4.42. The van der Waals surface area contributed by atoms with Crippen molar-refractivity contribution in [1.82, 2.24) is 15.2 Å².